The summed E-state index contributed by atoms with van der Waals surface area (Å²) in [4.78, 5) is 14.4. The average molecular weight is 303 g/mol. The molecule has 1 amide bonds. The highest BCUT2D eigenvalue weighted by molar-refractivity contribution is 7.99. The van der Waals surface area contributed by atoms with E-state index in [0.29, 0.717) is 10.9 Å². The Balaban J connectivity index is 0.00000133. The van der Waals surface area contributed by atoms with Gasteiger partial charge in [0.25, 0.3) is 5.91 Å². The third-order valence-electron chi connectivity index (χ3n) is 3.54. The van der Waals surface area contributed by atoms with Crippen molar-refractivity contribution in [2.45, 2.75) is 25.1 Å². The number of aromatic amines is 1. The van der Waals surface area contributed by atoms with Gasteiger partial charge in [0.15, 0.2) is 5.69 Å². The molecule has 1 aromatic rings. The summed E-state index contributed by atoms with van der Waals surface area (Å²) in [5.41, 5.74) is 2.81. The molecule has 0 aromatic carbocycles. The van der Waals surface area contributed by atoms with Gasteiger partial charge >= 0.3 is 0 Å². The predicted molar refractivity (Wildman–Crippen MR) is 79.1 cm³/mol. The van der Waals surface area contributed by atoms with Crippen LogP contribution >= 0.6 is 24.2 Å². The molecule has 3 rings (SSSR count). The molecular formula is C12H19ClN4OS. The van der Waals surface area contributed by atoms with Crippen molar-refractivity contribution < 1.29 is 4.79 Å². The Morgan fingerprint density at radius 1 is 1.53 bits per heavy atom. The molecule has 3 heterocycles. The predicted octanol–water partition coefficient (Wildman–Crippen LogP) is 1.05. The molecule has 106 valence electrons. The molecule has 1 aromatic heterocycles. The molecule has 1 fully saturated rings. The van der Waals surface area contributed by atoms with Crippen molar-refractivity contribution in [2.24, 2.45) is 0 Å². The molecule has 2 N–H and O–H groups in total. The van der Waals surface area contributed by atoms with Crippen LogP contribution in [0, 0.1) is 0 Å². The summed E-state index contributed by atoms with van der Waals surface area (Å²) < 4.78 is 0. The lowest BCUT2D eigenvalue weighted by Crippen LogP contribution is -2.41. The van der Waals surface area contributed by atoms with E-state index < -0.39 is 0 Å². The van der Waals surface area contributed by atoms with Gasteiger partial charge in [-0.05, 0) is 0 Å². The minimum absolute atomic E-state index is 0. The monoisotopic (exact) mass is 302 g/mol. The Morgan fingerprint density at radius 3 is 3.16 bits per heavy atom. The number of aromatic nitrogens is 2. The van der Waals surface area contributed by atoms with Crippen LogP contribution in [-0.4, -0.2) is 51.6 Å². The minimum Gasteiger partial charge on any atom is -0.335 e. The standard InChI is InChI=1S/C12H18N4OS.ClH/c1-8-7-16(4-5-18-8)12(17)11-9-6-13-3-2-10(9)14-15-11;/h8,13H,2-7H2,1H3,(H,14,15);1H. The van der Waals surface area contributed by atoms with Gasteiger partial charge in [0.2, 0.25) is 0 Å². The van der Waals surface area contributed by atoms with E-state index in [1.54, 1.807) is 0 Å². The number of halogens is 1. The molecule has 1 saturated heterocycles. The summed E-state index contributed by atoms with van der Waals surface area (Å²) in [5, 5.41) is 11.1. The van der Waals surface area contributed by atoms with Crippen LogP contribution in [0.4, 0.5) is 0 Å². The lowest BCUT2D eigenvalue weighted by molar-refractivity contribution is 0.0756. The zero-order valence-electron chi connectivity index (χ0n) is 10.9. The van der Waals surface area contributed by atoms with E-state index in [-0.39, 0.29) is 18.3 Å². The molecule has 19 heavy (non-hydrogen) atoms. The molecule has 1 unspecified atom stereocenters. The Labute approximate surface area is 123 Å². The van der Waals surface area contributed by atoms with Crippen molar-refractivity contribution >= 4 is 30.1 Å². The Hall–Kier alpha value is -0.720. The number of H-pyrrole nitrogens is 1. The fourth-order valence-corrected chi connectivity index (χ4v) is 3.57. The van der Waals surface area contributed by atoms with Gasteiger partial charge in [-0.3, -0.25) is 9.89 Å². The van der Waals surface area contributed by atoms with Gasteiger partial charge in [-0.2, -0.15) is 16.9 Å². The van der Waals surface area contributed by atoms with Crippen molar-refractivity contribution in [1.29, 1.82) is 0 Å². The van der Waals surface area contributed by atoms with E-state index in [4.69, 9.17) is 0 Å². The Bertz CT molecular complexity index is 465. The molecule has 0 bridgehead atoms. The molecule has 2 aliphatic heterocycles. The number of carbonyl (C=O) groups is 1. The molecule has 0 spiro atoms. The quantitative estimate of drug-likeness (QED) is 0.814. The number of amides is 1. The smallest absolute Gasteiger partial charge is 0.274 e. The van der Waals surface area contributed by atoms with E-state index in [1.807, 2.05) is 16.7 Å². The second kappa shape index (κ2) is 6.15. The Morgan fingerprint density at radius 2 is 2.37 bits per heavy atom. The second-order valence-electron chi connectivity index (χ2n) is 4.89. The maximum Gasteiger partial charge on any atom is 0.274 e. The number of hydrogen-bond donors (Lipinski definition) is 2. The SMILES string of the molecule is CC1CN(C(=O)c2n[nH]c3c2CNCC3)CCS1.Cl. The van der Waals surface area contributed by atoms with E-state index in [9.17, 15) is 4.79 Å². The first-order valence-corrected chi connectivity index (χ1v) is 7.48. The third-order valence-corrected chi connectivity index (χ3v) is 4.67. The van der Waals surface area contributed by atoms with E-state index in [2.05, 4.69) is 22.4 Å². The number of nitrogens with zero attached hydrogens (tertiary/aromatic N) is 2. The molecule has 0 saturated carbocycles. The van der Waals surface area contributed by atoms with Crippen LogP contribution in [0.25, 0.3) is 0 Å². The van der Waals surface area contributed by atoms with Crippen molar-refractivity contribution in [2.75, 3.05) is 25.4 Å². The highest BCUT2D eigenvalue weighted by Gasteiger charge is 2.28. The van der Waals surface area contributed by atoms with Crippen LogP contribution in [0.3, 0.4) is 0 Å². The maximum absolute atomic E-state index is 12.5. The number of hydrogen-bond acceptors (Lipinski definition) is 4. The Kier molecular flexibility index (Phi) is 4.76. The fourth-order valence-electron chi connectivity index (χ4n) is 2.55. The highest BCUT2D eigenvalue weighted by Crippen LogP contribution is 2.22. The van der Waals surface area contributed by atoms with Crippen LogP contribution in [-0.2, 0) is 13.0 Å². The summed E-state index contributed by atoms with van der Waals surface area (Å²) in [6.07, 6.45) is 0.932. The van der Waals surface area contributed by atoms with Gasteiger partial charge in [0, 0.05) is 54.9 Å². The molecule has 2 aliphatic rings. The van der Waals surface area contributed by atoms with Crippen LogP contribution in [0.5, 0.6) is 0 Å². The first-order valence-electron chi connectivity index (χ1n) is 6.43. The first-order chi connectivity index (χ1) is 8.75. The second-order valence-corrected chi connectivity index (χ2v) is 6.43. The summed E-state index contributed by atoms with van der Waals surface area (Å²) >= 11 is 1.93. The molecular weight excluding hydrogens is 284 g/mol. The topological polar surface area (TPSA) is 61.0 Å². The van der Waals surface area contributed by atoms with Crippen LogP contribution < -0.4 is 5.32 Å². The van der Waals surface area contributed by atoms with Gasteiger partial charge in [0.1, 0.15) is 0 Å². The highest BCUT2D eigenvalue weighted by atomic mass is 35.5. The fraction of sp³-hybridized carbons (Fsp3) is 0.667. The van der Waals surface area contributed by atoms with Gasteiger partial charge in [-0.25, -0.2) is 0 Å². The van der Waals surface area contributed by atoms with E-state index in [1.165, 1.54) is 0 Å². The number of thioether (sulfide) groups is 1. The van der Waals surface area contributed by atoms with Crippen LogP contribution in [0.15, 0.2) is 0 Å². The number of rotatable bonds is 1. The molecule has 5 nitrogen and oxygen atoms in total. The lowest BCUT2D eigenvalue weighted by Gasteiger charge is -2.30. The zero-order chi connectivity index (χ0) is 12.5. The summed E-state index contributed by atoms with van der Waals surface area (Å²) in [6, 6.07) is 0. The number of nitrogens with one attached hydrogen (secondary N) is 2. The van der Waals surface area contributed by atoms with Crippen molar-refractivity contribution in [3.63, 3.8) is 0 Å². The number of carbonyl (C=O) groups excluding carboxylic acids is 1. The van der Waals surface area contributed by atoms with Gasteiger partial charge in [0.05, 0.1) is 0 Å². The van der Waals surface area contributed by atoms with Gasteiger partial charge in [-0.1, -0.05) is 6.92 Å². The van der Waals surface area contributed by atoms with Gasteiger partial charge in [-0.15, -0.1) is 12.4 Å². The van der Waals surface area contributed by atoms with E-state index >= 15 is 0 Å². The van der Waals surface area contributed by atoms with Crippen LogP contribution in [0.1, 0.15) is 28.7 Å². The van der Waals surface area contributed by atoms with Gasteiger partial charge < -0.3 is 10.2 Å². The first kappa shape index (κ1) is 14.7. The zero-order valence-corrected chi connectivity index (χ0v) is 12.6. The lowest BCUT2D eigenvalue weighted by atomic mass is 10.1. The maximum atomic E-state index is 12.5. The summed E-state index contributed by atoms with van der Waals surface area (Å²) in [7, 11) is 0. The minimum atomic E-state index is 0. The van der Waals surface area contributed by atoms with E-state index in [0.717, 1.165) is 49.6 Å². The van der Waals surface area contributed by atoms with Crippen LogP contribution in [0.2, 0.25) is 0 Å². The third kappa shape index (κ3) is 2.90. The number of fused-ring (bicyclic) bond motifs is 1. The van der Waals surface area contributed by atoms with Crippen molar-refractivity contribution in [3.8, 4) is 0 Å². The van der Waals surface area contributed by atoms with Crippen molar-refractivity contribution in [3.05, 3.63) is 17.0 Å². The molecule has 0 radical (unpaired) electrons. The largest absolute Gasteiger partial charge is 0.335 e. The molecule has 0 aliphatic carbocycles. The summed E-state index contributed by atoms with van der Waals surface area (Å²) in [5.74, 6) is 1.11. The molecule has 1 atom stereocenters. The van der Waals surface area contributed by atoms with Crippen molar-refractivity contribution in [1.82, 2.24) is 20.4 Å². The molecule has 7 heteroatoms. The normalized spacial score (nSPS) is 22.6. The average Bonchev–Trinajstić information content (AvgIpc) is 2.82. The summed E-state index contributed by atoms with van der Waals surface area (Å²) in [6.45, 7) is 5.55.